The molecule has 1 aromatic heterocycles. The first-order valence-corrected chi connectivity index (χ1v) is 5.85. The lowest BCUT2D eigenvalue weighted by atomic mass is 9.83. The third kappa shape index (κ3) is 1.99. The average Bonchev–Trinajstić information content (AvgIpc) is 2.63. The van der Waals surface area contributed by atoms with Gasteiger partial charge in [0.15, 0.2) is 0 Å². The molecule has 0 spiro atoms. The van der Waals surface area contributed by atoms with Crippen LogP contribution >= 0.6 is 0 Å². The summed E-state index contributed by atoms with van der Waals surface area (Å²) in [4.78, 5) is 4.31. The number of imidazole rings is 1. The summed E-state index contributed by atoms with van der Waals surface area (Å²) in [7, 11) is 0. The third-order valence-corrected chi connectivity index (χ3v) is 3.20. The van der Waals surface area contributed by atoms with Crippen LogP contribution in [0.1, 0.15) is 39.4 Å². The highest BCUT2D eigenvalue weighted by atomic mass is 16.5. The minimum absolute atomic E-state index is 0.280. The van der Waals surface area contributed by atoms with Gasteiger partial charge in [0.25, 0.3) is 0 Å². The Morgan fingerprint density at radius 3 is 2.94 bits per heavy atom. The summed E-state index contributed by atoms with van der Waals surface area (Å²) in [5, 5.41) is 10.7. The van der Waals surface area contributed by atoms with Crippen molar-refractivity contribution >= 4 is 0 Å². The van der Waals surface area contributed by atoms with E-state index in [9.17, 15) is 5.11 Å². The number of aliphatic hydroxyl groups is 1. The summed E-state index contributed by atoms with van der Waals surface area (Å²) >= 11 is 0. The van der Waals surface area contributed by atoms with Crippen molar-refractivity contribution in [3.63, 3.8) is 0 Å². The van der Waals surface area contributed by atoms with E-state index in [4.69, 9.17) is 4.74 Å². The Kier molecular flexibility index (Phi) is 2.80. The molecule has 2 heterocycles. The zero-order chi connectivity index (χ0) is 11.8. The summed E-state index contributed by atoms with van der Waals surface area (Å²) in [5.74, 6) is 0.770. The number of hydrogen-bond donors (Lipinski definition) is 1. The molecule has 1 unspecified atom stereocenters. The molecule has 0 amide bonds. The first-order valence-electron chi connectivity index (χ1n) is 5.85. The molecular weight excluding hydrogens is 204 g/mol. The molecule has 4 nitrogen and oxygen atoms in total. The lowest BCUT2D eigenvalue weighted by Gasteiger charge is -2.41. The van der Waals surface area contributed by atoms with E-state index in [1.807, 2.05) is 24.6 Å². The fourth-order valence-corrected chi connectivity index (χ4v) is 2.50. The van der Waals surface area contributed by atoms with Gasteiger partial charge in [-0.25, -0.2) is 4.98 Å². The van der Waals surface area contributed by atoms with Gasteiger partial charge >= 0.3 is 0 Å². The van der Waals surface area contributed by atoms with Crippen LogP contribution in [-0.4, -0.2) is 26.9 Å². The maximum absolute atomic E-state index is 10.7. The van der Waals surface area contributed by atoms with Crippen LogP contribution in [0.3, 0.4) is 0 Å². The van der Waals surface area contributed by atoms with Crippen LogP contribution in [0.4, 0.5) is 0 Å². The van der Waals surface area contributed by atoms with Gasteiger partial charge in [0.1, 0.15) is 11.4 Å². The highest BCUT2D eigenvalue weighted by Crippen LogP contribution is 2.38. The first kappa shape index (κ1) is 11.6. The summed E-state index contributed by atoms with van der Waals surface area (Å²) < 4.78 is 7.64. The maximum atomic E-state index is 10.7. The number of rotatable bonds is 2. The molecule has 2 rings (SSSR count). The molecular formula is C12H20N2O2. The first-order chi connectivity index (χ1) is 7.47. The van der Waals surface area contributed by atoms with E-state index in [-0.39, 0.29) is 5.60 Å². The van der Waals surface area contributed by atoms with Gasteiger partial charge in [-0.05, 0) is 20.8 Å². The van der Waals surface area contributed by atoms with E-state index in [2.05, 4.69) is 11.9 Å². The molecule has 1 saturated heterocycles. The van der Waals surface area contributed by atoms with E-state index in [0.717, 1.165) is 12.4 Å². The van der Waals surface area contributed by atoms with Crippen LogP contribution in [0.5, 0.6) is 0 Å². The fourth-order valence-electron chi connectivity index (χ4n) is 2.50. The largest absolute Gasteiger partial charge is 0.382 e. The summed E-state index contributed by atoms with van der Waals surface area (Å²) in [5.41, 5.74) is -1.13. The van der Waals surface area contributed by atoms with E-state index in [0.29, 0.717) is 19.4 Å². The topological polar surface area (TPSA) is 47.3 Å². The fraction of sp³-hybridized carbons (Fsp3) is 0.750. The smallest absolute Gasteiger partial charge is 0.140 e. The number of hydrogen-bond acceptors (Lipinski definition) is 3. The molecule has 1 atom stereocenters. The standard InChI is InChI=1S/C12H20N2O2/c1-4-14-7-6-13-10(14)12(15)5-8-16-11(2,3)9-12/h6-7,15H,4-5,8-9H2,1-3H3. The highest BCUT2D eigenvalue weighted by molar-refractivity contribution is 5.08. The zero-order valence-electron chi connectivity index (χ0n) is 10.2. The second kappa shape index (κ2) is 3.86. The number of ether oxygens (including phenoxy) is 1. The molecule has 0 saturated carbocycles. The highest BCUT2D eigenvalue weighted by Gasteiger charge is 2.43. The van der Waals surface area contributed by atoms with Gasteiger partial charge in [0.2, 0.25) is 0 Å². The Hall–Kier alpha value is -0.870. The van der Waals surface area contributed by atoms with Crippen LogP contribution in [-0.2, 0) is 16.9 Å². The molecule has 16 heavy (non-hydrogen) atoms. The van der Waals surface area contributed by atoms with Gasteiger partial charge in [-0.3, -0.25) is 0 Å². The van der Waals surface area contributed by atoms with E-state index < -0.39 is 5.60 Å². The number of aryl methyl sites for hydroxylation is 1. The summed E-state index contributed by atoms with van der Waals surface area (Å²) in [6.07, 6.45) is 4.87. The molecule has 0 aromatic carbocycles. The molecule has 1 aliphatic rings. The zero-order valence-corrected chi connectivity index (χ0v) is 10.2. The van der Waals surface area contributed by atoms with Crippen molar-refractivity contribution in [1.82, 2.24) is 9.55 Å². The number of aromatic nitrogens is 2. The molecule has 0 bridgehead atoms. The minimum atomic E-state index is -0.846. The lowest BCUT2D eigenvalue weighted by molar-refractivity contribution is -0.152. The minimum Gasteiger partial charge on any atom is -0.382 e. The number of nitrogens with zero attached hydrogens (tertiary/aromatic N) is 2. The molecule has 1 aliphatic heterocycles. The van der Waals surface area contributed by atoms with Gasteiger partial charge in [0.05, 0.1) is 12.2 Å². The summed E-state index contributed by atoms with van der Waals surface area (Å²) in [6, 6.07) is 0. The van der Waals surface area contributed by atoms with Crippen LogP contribution in [0.25, 0.3) is 0 Å². The quantitative estimate of drug-likeness (QED) is 0.831. The van der Waals surface area contributed by atoms with E-state index >= 15 is 0 Å². The lowest BCUT2D eigenvalue weighted by Crippen LogP contribution is -2.45. The molecule has 1 aromatic rings. The van der Waals surface area contributed by atoms with Gasteiger partial charge in [0, 0.05) is 31.8 Å². The SMILES string of the molecule is CCn1ccnc1C1(O)CCOC(C)(C)C1. The Balaban J connectivity index is 2.31. The van der Waals surface area contributed by atoms with Gasteiger partial charge in [-0.1, -0.05) is 0 Å². The second-order valence-electron chi connectivity index (χ2n) is 5.10. The molecule has 1 fully saturated rings. The van der Waals surface area contributed by atoms with Gasteiger partial charge in [-0.15, -0.1) is 0 Å². The van der Waals surface area contributed by atoms with Crippen LogP contribution < -0.4 is 0 Å². The van der Waals surface area contributed by atoms with E-state index in [1.165, 1.54) is 0 Å². The Morgan fingerprint density at radius 2 is 2.31 bits per heavy atom. The van der Waals surface area contributed by atoms with Crippen molar-refractivity contribution < 1.29 is 9.84 Å². The normalized spacial score (nSPS) is 29.2. The molecule has 0 aliphatic carbocycles. The van der Waals surface area contributed by atoms with E-state index in [1.54, 1.807) is 6.20 Å². The van der Waals surface area contributed by atoms with Crippen molar-refractivity contribution in [1.29, 1.82) is 0 Å². The Labute approximate surface area is 96.3 Å². The van der Waals surface area contributed by atoms with Crippen LogP contribution in [0.2, 0.25) is 0 Å². The average molecular weight is 224 g/mol. The molecule has 4 heteroatoms. The predicted octanol–water partition coefficient (Wildman–Crippen LogP) is 1.68. The van der Waals surface area contributed by atoms with Crippen molar-refractivity contribution in [2.24, 2.45) is 0 Å². The Bertz CT molecular complexity index is 373. The molecule has 1 N–H and O–H groups in total. The van der Waals surface area contributed by atoms with Crippen LogP contribution in [0, 0.1) is 0 Å². The van der Waals surface area contributed by atoms with Crippen molar-refractivity contribution in [3.8, 4) is 0 Å². The van der Waals surface area contributed by atoms with Gasteiger partial charge < -0.3 is 14.4 Å². The summed E-state index contributed by atoms with van der Waals surface area (Å²) in [6.45, 7) is 7.49. The second-order valence-corrected chi connectivity index (χ2v) is 5.10. The van der Waals surface area contributed by atoms with Crippen molar-refractivity contribution in [2.75, 3.05) is 6.61 Å². The van der Waals surface area contributed by atoms with Gasteiger partial charge in [-0.2, -0.15) is 0 Å². The maximum Gasteiger partial charge on any atom is 0.140 e. The van der Waals surface area contributed by atoms with Crippen molar-refractivity contribution in [2.45, 2.75) is 51.4 Å². The predicted molar refractivity (Wildman–Crippen MR) is 61.1 cm³/mol. The van der Waals surface area contributed by atoms with Crippen molar-refractivity contribution in [3.05, 3.63) is 18.2 Å². The Morgan fingerprint density at radius 1 is 1.56 bits per heavy atom. The van der Waals surface area contributed by atoms with Crippen LogP contribution in [0.15, 0.2) is 12.4 Å². The monoisotopic (exact) mass is 224 g/mol. The molecule has 0 radical (unpaired) electrons. The third-order valence-electron chi connectivity index (χ3n) is 3.20. The molecule has 90 valence electrons.